The Bertz CT molecular complexity index is 738. The maximum atomic E-state index is 5.84. The average Bonchev–Trinajstić information content (AvgIpc) is 2.56. The summed E-state index contributed by atoms with van der Waals surface area (Å²) in [5.41, 5.74) is 8.96. The Labute approximate surface area is 160 Å². The predicted octanol–water partition coefficient (Wildman–Crippen LogP) is 3.60. The first-order chi connectivity index (χ1) is 11.2. The number of ether oxygens (including phenoxy) is 2. The van der Waals surface area contributed by atoms with Crippen LogP contribution in [0.2, 0.25) is 0 Å². The number of amidine groups is 1. The van der Waals surface area contributed by atoms with Gasteiger partial charge in [-0.3, -0.25) is 0 Å². The molecule has 0 aliphatic carbocycles. The number of halogens is 2. The van der Waals surface area contributed by atoms with E-state index in [-0.39, 0.29) is 30.9 Å². The van der Waals surface area contributed by atoms with Crippen molar-refractivity contribution in [2.75, 3.05) is 7.11 Å². The maximum absolute atomic E-state index is 5.84. The monoisotopic (exact) mass is 383 g/mol. The zero-order valence-corrected chi connectivity index (χ0v) is 15.8. The quantitative estimate of drug-likeness (QED) is 0.827. The van der Waals surface area contributed by atoms with Gasteiger partial charge in [0.15, 0.2) is 6.10 Å². The van der Waals surface area contributed by atoms with Crippen molar-refractivity contribution in [3.63, 3.8) is 0 Å². The minimum Gasteiger partial charge on any atom is -0.497 e. The molecule has 0 bridgehead atoms. The summed E-state index contributed by atoms with van der Waals surface area (Å²) >= 11 is 0. The summed E-state index contributed by atoms with van der Waals surface area (Å²) in [5.74, 6) is 2.16. The number of fused-ring (bicyclic) bond motifs is 1. The molecule has 136 valence electrons. The topological polar surface area (TPSA) is 68.9 Å². The van der Waals surface area contributed by atoms with E-state index in [2.05, 4.69) is 16.4 Å². The summed E-state index contributed by atoms with van der Waals surface area (Å²) in [7, 11) is 1.68. The van der Waals surface area contributed by atoms with E-state index < -0.39 is 0 Å². The smallest absolute Gasteiger partial charge is 0.153 e. The predicted molar refractivity (Wildman–Crippen MR) is 106 cm³/mol. The van der Waals surface area contributed by atoms with Gasteiger partial charge in [-0.05, 0) is 42.3 Å². The van der Waals surface area contributed by atoms with Crippen LogP contribution in [0, 0.1) is 0 Å². The number of nitrogens with zero attached hydrogens (tertiary/aromatic N) is 1. The number of aliphatic imine (C=N–C) groups is 1. The summed E-state index contributed by atoms with van der Waals surface area (Å²) in [6, 6.07) is 14.0. The van der Waals surface area contributed by atoms with Crippen molar-refractivity contribution < 1.29 is 9.47 Å². The van der Waals surface area contributed by atoms with Crippen LogP contribution in [0.5, 0.6) is 11.5 Å². The Balaban J connectivity index is 0.00000156. The number of nitrogens with two attached hydrogens (primary N) is 1. The molecule has 2 aromatic carbocycles. The fourth-order valence-electron chi connectivity index (χ4n) is 2.47. The van der Waals surface area contributed by atoms with Crippen LogP contribution in [0.15, 0.2) is 47.5 Å². The maximum Gasteiger partial charge on any atom is 0.153 e. The number of methoxy groups -OCH3 is 1. The molecule has 3 N–H and O–H groups in total. The van der Waals surface area contributed by atoms with Gasteiger partial charge in [-0.2, -0.15) is 0 Å². The molecule has 25 heavy (non-hydrogen) atoms. The standard InChI is InChI=1S/C18H21N3O2.2ClH/c1-12-18(19)21-16-9-14(6-7-17(16)23-12)11-20-10-13-4-3-5-15(8-13)22-2;;/h3-9,12,20H,10-11H2,1-2H3,(H2,19,21);2*1H. The highest BCUT2D eigenvalue weighted by molar-refractivity contribution is 5.89. The van der Waals surface area contributed by atoms with Crippen LogP contribution in [-0.4, -0.2) is 19.0 Å². The van der Waals surface area contributed by atoms with Crippen LogP contribution in [0.4, 0.5) is 5.69 Å². The van der Waals surface area contributed by atoms with Gasteiger partial charge < -0.3 is 20.5 Å². The van der Waals surface area contributed by atoms with Crippen molar-refractivity contribution in [3.05, 3.63) is 53.6 Å². The van der Waals surface area contributed by atoms with Gasteiger partial charge in [-0.25, -0.2) is 4.99 Å². The summed E-state index contributed by atoms with van der Waals surface area (Å²) in [5, 5.41) is 3.42. The lowest BCUT2D eigenvalue weighted by Gasteiger charge is -2.21. The molecule has 2 aromatic rings. The molecular formula is C18H23Cl2N3O2. The zero-order valence-electron chi connectivity index (χ0n) is 14.2. The highest BCUT2D eigenvalue weighted by Crippen LogP contribution is 2.32. The lowest BCUT2D eigenvalue weighted by Crippen LogP contribution is -2.33. The molecule has 0 aromatic heterocycles. The zero-order chi connectivity index (χ0) is 16.2. The van der Waals surface area contributed by atoms with Gasteiger partial charge in [0.05, 0.1) is 7.11 Å². The van der Waals surface area contributed by atoms with Crippen LogP contribution >= 0.6 is 24.8 Å². The van der Waals surface area contributed by atoms with E-state index in [9.17, 15) is 0 Å². The van der Waals surface area contributed by atoms with Gasteiger partial charge in [-0.15, -0.1) is 24.8 Å². The van der Waals surface area contributed by atoms with Crippen molar-refractivity contribution in [1.29, 1.82) is 0 Å². The molecule has 0 saturated heterocycles. The number of nitrogens with one attached hydrogen (secondary N) is 1. The number of rotatable bonds is 5. The summed E-state index contributed by atoms with van der Waals surface area (Å²) in [4.78, 5) is 4.40. The van der Waals surface area contributed by atoms with E-state index in [1.54, 1.807) is 7.11 Å². The fourth-order valence-corrected chi connectivity index (χ4v) is 2.47. The molecule has 0 radical (unpaired) electrons. The SMILES string of the molecule is COc1cccc(CNCc2ccc3c(c2)N=C(N)C(C)O3)c1.Cl.Cl. The number of hydrogen-bond donors (Lipinski definition) is 2. The van der Waals surface area contributed by atoms with Crippen molar-refractivity contribution in [2.45, 2.75) is 26.1 Å². The Morgan fingerprint density at radius 2 is 1.84 bits per heavy atom. The molecule has 0 spiro atoms. The Kier molecular flexibility index (Phi) is 8.03. The molecule has 1 heterocycles. The van der Waals surface area contributed by atoms with Gasteiger partial charge in [0.2, 0.25) is 0 Å². The minimum absolute atomic E-state index is 0. The Hall–Kier alpha value is -1.95. The van der Waals surface area contributed by atoms with Gasteiger partial charge in [0, 0.05) is 13.1 Å². The second kappa shape index (κ2) is 9.51. The largest absolute Gasteiger partial charge is 0.497 e. The molecule has 3 rings (SSSR count). The Morgan fingerprint density at radius 3 is 2.56 bits per heavy atom. The van der Waals surface area contributed by atoms with Crippen LogP contribution in [-0.2, 0) is 13.1 Å². The summed E-state index contributed by atoms with van der Waals surface area (Å²) < 4.78 is 10.9. The van der Waals surface area contributed by atoms with Crippen LogP contribution in [0.3, 0.4) is 0 Å². The van der Waals surface area contributed by atoms with E-state index in [1.165, 1.54) is 5.56 Å². The molecule has 1 aliphatic heterocycles. The molecule has 1 atom stereocenters. The lowest BCUT2D eigenvalue weighted by molar-refractivity contribution is 0.281. The molecule has 7 heteroatoms. The van der Waals surface area contributed by atoms with Gasteiger partial charge in [0.1, 0.15) is 23.0 Å². The van der Waals surface area contributed by atoms with Gasteiger partial charge >= 0.3 is 0 Å². The van der Waals surface area contributed by atoms with Crippen LogP contribution < -0.4 is 20.5 Å². The molecule has 5 nitrogen and oxygen atoms in total. The first-order valence-corrected chi connectivity index (χ1v) is 7.63. The molecule has 0 fully saturated rings. The summed E-state index contributed by atoms with van der Waals surface area (Å²) in [6.45, 7) is 3.41. The van der Waals surface area contributed by atoms with Crippen molar-refractivity contribution in [1.82, 2.24) is 5.32 Å². The second-order valence-corrected chi connectivity index (χ2v) is 5.55. The van der Waals surface area contributed by atoms with E-state index in [0.717, 1.165) is 35.8 Å². The highest BCUT2D eigenvalue weighted by atomic mass is 35.5. The molecule has 1 unspecified atom stereocenters. The third-order valence-corrected chi connectivity index (χ3v) is 3.79. The molecular weight excluding hydrogens is 361 g/mol. The first-order valence-electron chi connectivity index (χ1n) is 7.63. The lowest BCUT2D eigenvalue weighted by atomic mass is 10.1. The fraction of sp³-hybridized carbons (Fsp3) is 0.278. The molecule has 0 amide bonds. The van der Waals surface area contributed by atoms with Crippen molar-refractivity contribution in [3.8, 4) is 11.5 Å². The van der Waals surface area contributed by atoms with E-state index >= 15 is 0 Å². The van der Waals surface area contributed by atoms with E-state index in [0.29, 0.717) is 5.84 Å². The minimum atomic E-state index is -0.167. The highest BCUT2D eigenvalue weighted by Gasteiger charge is 2.18. The number of hydrogen-bond acceptors (Lipinski definition) is 5. The molecule has 0 saturated carbocycles. The third-order valence-electron chi connectivity index (χ3n) is 3.79. The van der Waals surface area contributed by atoms with Gasteiger partial charge in [-0.1, -0.05) is 18.2 Å². The molecule has 1 aliphatic rings. The summed E-state index contributed by atoms with van der Waals surface area (Å²) in [6.07, 6.45) is -0.167. The van der Waals surface area contributed by atoms with Crippen molar-refractivity contribution >= 4 is 36.3 Å². The van der Waals surface area contributed by atoms with E-state index in [1.807, 2.05) is 43.3 Å². The normalized spacial score (nSPS) is 15.0. The van der Waals surface area contributed by atoms with Crippen LogP contribution in [0.1, 0.15) is 18.1 Å². The third kappa shape index (κ3) is 5.26. The average molecular weight is 384 g/mol. The van der Waals surface area contributed by atoms with E-state index in [4.69, 9.17) is 15.2 Å². The van der Waals surface area contributed by atoms with Gasteiger partial charge in [0.25, 0.3) is 0 Å². The first kappa shape index (κ1) is 21.1. The Morgan fingerprint density at radius 1 is 1.12 bits per heavy atom. The second-order valence-electron chi connectivity index (χ2n) is 5.55. The van der Waals surface area contributed by atoms with Crippen LogP contribution in [0.25, 0.3) is 0 Å². The number of benzene rings is 2. The van der Waals surface area contributed by atoms with Crippen molar-refractivity contribution in [2.24, 2.45) is 10.7 Å².